The summed E-state index contributed by atoms with van der Waals surface area (Å²) in [5.74, 6) is -0.432. The summed E-state index contributed by atoms with van der Waals surface area (Å²) >= 11 is 0. The highest BCUT2D eigenvalue weighted by atomic mass is 16.8. The van der Waals surface area contributed by atoms with Crippen LogP contribution >= 0.6 is 0 Å². The molecule has 2 unspecified atom stereocenters. The van der Waals surface area contributed by atoms with Crippen molar-refractivity contribution in [3.63, 3.8) is 0 Å². The second-order valence-corrected chi connectivity index (χ2v) is 9.01. The number of para-hydroxylation sites is 2. The first-order valence-electron chi connectivity index (χ1n) is 13.0. The zero-order valence-electron chi connectivity index (χ0n) is 20.6. The Balaban J connectivity index is 1.93. The molecule has 0 aromatic heterocycles. The first-order chi connectivity index (χ1) is 16.2. The van der Waals surface area contributed by atoms with E-state index < -0.39 is 11.6 Å². The van der Waals surface area contributed by atoms with Gasteiger partial charge in [-0.05, 0) is 49.9 Å². The van der Waals surface area contributed by atoms with Gasteiger partial charge in [-0.2, -0.15) is 0 Å². The van der Waals surface area contributed by atoms with Crippen LogP contribution in [0.3, 0.4) is 0 Å². The minimum Gasteiger partial charge on any atom is -0.455 e. The maximum absolute atomic E-state index is 6.72. The molecule has 1 saturated carbocycles. The van der Waals surface area contributed by atoms with E-state index in [2.05, 4.69) is 13.8 Å². The first-order valence-corrected chi connectivity index (χ1v) is 13.0. The SMILES string of the molecule is CCCCCCOC1(Oc2ccccc2)CCCCC1(OCCCCC)Oc1ccccc1. The molecule has 0 N–H and O–H groups in total. The molecule has 2 aromatic carbocycles. The summed E-state index contributed by atoms with van der Waals surface area (Å²) in [6.07, 6.45) is 11.3. The molecule has 0 bridgehead atoms. The van der Waals surface area contributed by atoms with Crippen LogP contribution in [0.5, 0.6) is 11.5 Å². The Labute approximate surface area is 200 Å². The van der Waals surface area contributed by atoms with Crippen LogP contribution < -0.4 is 9.47 Å². The molecular formula is C29H42O4. The lowest BCUT2D eigenvalue weighted by atomic mass is 9.86. The molecule has 0 saturated heterocycles. The quantitative estimate of drug-likeness (QED) is 0.202. The third-order valence-electron chi connectivity index (χ3n) is 6.31. The average molecular weight is 455 g/mol. The summed E-state index contributed by atoms with van der Waals surface area (Å²) in [7, 11) is 0. The van der Waals surface area contributed by atoms with Gasteiger partial charge in [0.15, 0.2) is 0 Å². The van der Waals surface area contributed by atoms with Crippen LogP contribution in [0, 0.1) is 0 Å². The van der Waals surface area contributed by atoms with Crippen molar-refractivity contribution in [2.75, 3.05) is 13.2 Å². The Morgan fingerprint density at radius 3 is 1.45 bits per heavy atom. The summed E-state index contributed by atoms with van der Waals surface area (Å²) in [6, 6.07) is 19.9. The van der Waals surface area contributed by atoms with Gasteiger partial charge < -0.3 is 18.9 Å². The molecule has 0 heterocycles. The molecule has 2 atom stereocenters. The second-order valence-electron chi connectivity index (χ2n) is 9.01. The highest BCUT2D eigenvalue weighted by Gasteiger charge is 2.60. The van der Waals surface area contributed by atoms with E-state index in [0.29, 0.717) is 13.2 Å². The minimum atomic E-state index is -0.999. The Kier molecular flexibility index (Phi) is 10.6. The van der Waals surface area contributed by atoms with Crippen LogP contribution in [-0.4, -0.2) is 24.8 Å². The van der Waals surface area contributed by atoms with Gasteiger partial charge in [-0.1, -0.05) is 82.3 Å². The van der Waals surface area contributed by atoms with Crippen LogP contribution in [0.15, 0.2) is 60.7 Å². The van der Waals surface area contributed by atoms with E-state index in [1.165, 1.54) is 12.8 Å². The minimum absolute atomic E-state index is 0.625. The van der Waals surface area contributed by atoms with Crippen molar-refractivity contribution < 1.29 is 18.9 Å². The van der Waals surface area contributed by atoms with Crippen LogP contribution in [-0.2, 0) is 9.47 Å². The molecule has 33 heavy (non-hydrogen) atoms. The molecule has 1 fully saturated rings. The normalized spacial score (nSPS) is 22.7. The van der Waals surface area contributed by atoms with Gasteiger partial charge >= 0.3 is 0 Å². The fourth-order valence-corrected chi connectivity index (χ4v) is 4.49. The lowest BCUT2D eigenvalue weighted by molar-refractivity contribution is -0.376. The molecule has 4 nitrogen and oxygen atoms in total. The van der Waals surface area contributed by atoms with Gasteiger partial charge in [0.2, 0.25) is 0 Å². The maximum Gasteiger partial charge on any atom is 0.276 e. The van der Waals surface area contributed by atoms with E-state index in [-0.39, 0.29) is 0 Å². The van der Waals surface area contributed by atoms with Gasteiger partial charge in [0.25, 0.3) is 11.6 Å². The zero-order chi connectivity index (χ0) is 23.2. The molecule has 3 rings (SSSR count). The molecule has 4 heteroatoms. The van der Waals surface area contributed by atoms with Gasteiger partial charge in [0.05, 0.1) is 13.2 Å². The molecule has 1 aliphatic rings. The van der Waals surface area contributed by atoms with E-state index in [4.69, 9.17) is 18.9 Å². The molecule has 1 aliphatic carbocycles. The third-order valence-corrected chi connectivity index (χ3v) is 6.31. The maximum atomic E-state index is 6.72. The molecule has 2 aromatic rings. The van der Waals surface area contributed by atoms with Crippen molar-refractivity contribution in [3.05, 3.63) is 60.7 Å². The molecule has 0 radical (unpaired) electrons. The molecule has 0 spiro atoms. The van der Waals surface area contributed by atoms with Gasteiger partial charge in [-0.15, -0.1) is 0 Å². The molecular weight excluding hydrogens is 412 g/mol. The number of ether oxygens (including phenoxy) is 4. The fourth-order valence-electron chi connectivity index (χ4n) is 4.49. The summed E-state index contributed by atoms with van der Waals surface area (Å²) in [6.45, 7) is 5.69. The molecule has 182 valence electrons. The lowest BCUT2D eigenvalue weighted by Gasteiger charge is -2.50. The molecule has 0 amide bonds. The van der Waals surface area contributed by atoms with Gasteiger partial charge in [0, 0.05) is 12.8 Å². The van der Waals surface area contributed by atoms with Crippen molar-refractivity contribution in [2.24, 2.45) is 0 Å². The van der Waals surface area contributed by atoms with Crippen molar-refractivity contribution in [2.45, 2.75) is 96.1 Å². The number of benzene rings is 2. The zero-order valence-corrected chi connectivity index (χ0v) is 20.6. The van der Waals surface area contributed by atoms with E-state index in [0.717, 1.165) is 69.3 Å². The lowest BCUT2D eigenvalue weighted by Crippen LogP contribution is -2.66. The first kappa shape index (κ1) is 25.6. The summed E-state index contributed by atoms with van der Waals surface area (Å²) in [4.78, 5) is 0. The Bertz CT molecular complexity index is 766. The van der Waals surface area contributed by atoms with Crippen LogP contribution in [0.25, 0.3) is 0 Å². The topological polar surface area (TPSA) is 36.9 Å². The summed E-state index contributed by atoms with van der Waals surface area (Å²) in [5, 5.41) is 0. The van der Waals surface area contributed by atoms with Crippen molar-refractivity contribution in [3.8, 4) is 11.5 Å². The molecule has 0 aliphatic heterocycles. The van der Waals surface area contributed by atoms with Crippen LogP contribution in [0.4, 0.5) is 0 Å². The monoisotopic (exact) mass is 454 g/mol. The van der Waals surface area contributed by atoms with Gasteiger partial charge in [0.1, 0.15) is 11.5 Å². The largest absolute Gasteiger partial charge is 0.455 e. The van der Waals surface area contributed by atoms with Crippen LogP contribution in [0.1, 0.15) is 84.5 Å². The van der Waals surface area contributed by atoms with E-state index in [1.807, 2.05) is 60.7 Å². The van der Waals surface area contributed by atoms with Crippen molar-refractivity contribution in [1.82, 2.24) is 0 Å². The standard InChI is InChI=1S/C29H42O4/c1-3-5-7-17-25-31-29(33-27-20-12-9-13-21-27)23-15-14-22-28(29,30-24-16-6-4-2)32-26-18-10-8-11-19-26/h8-13,18-21H,3-7,14-17,22-25H2,1-2H3. The predicted octanol–water partition coefficient (Wildman–Crippen LogP) is 7.91. The van der Waals surface area contributed by atoms with Crippen molar-refractivity contribution in [1.29, 1.82) is 0 Å². The predicted molar refractivity (Wildman–Crippen MR) is 134 cm³/mol. The number of rotatable bonds is 15. The smallest absolute Gasteiger partial charge is 0.276 e. The highest BCUT2D eigenvalue weighted by Crippen LogP contribution is 2.45. The van der Waals surface area contributed by atoms with Crippen molar-refractivity contribution >= 4 is 0 Å². The Morgan fingerprint density at radius 2 is 1.00 bits per heavy atom. The van der Waals surface area contributed by atoms with Gasteiger partial charge in [-0.25, -0.2) is 0 Å². The Morgan fingerprint density at radius 1 is 0.576 bits per heavy atom. The van der Waals surface area contributed by atoms with Gasteiger partial charge in [-0.3, -0.25) is 0 Å². The summed E-state index contributed by atoms with van der Waals surface area (Å²) in [5.41, 5.74) is 0. The van der Waals surface area contributed by atoms with E-state index >= 15 is 0 Å². The number of hydrogen-bond acceptors (Lipinski definition) is 4. The number of hydrogen-bond donors (Lipinski definition) is 0. The van der Waals surface area contributed by atoms with E-state index in [1.54, 1.807) is 0 Å². The highest BCUT2D eigenvalue weighted by molar-refractivity contribution is 5.25. The van der Waals surface area contributed by atoms with Crippen LogP contribution in [0.2, 0.25) is 0 Å². The Hall–Kier alpha value is -2.04. The summed E-state index contributed by atoms with van der Waals surface area (Å²) < 4.78 is 26.8. The number of unbranched alkanes of at least 4 members (excludes halogenated alkanes) is 5. The fraction of sp³-hybridized carbons (Fsp3) is 0.586. The van der Waals surface area contributed by atoms with E-state index in [9.17, 15) is 0 Å². The third kappa shape index (κ3) is 7.22. The second kappa shape index (κ2) is 13.6. The average Bonchev–Trinajstić information content (AvgIpc) is 2.85.